The predicted octanol–water partition coefficient (Wildman–Crippen LogP) is 19.1. The summed E-state index contributed by atoms with van der Waals surface area (Å²) >= 11 is 1.56. The number of carbonyl (C=O) groups excluding carboxylic acids is 1. The summed E-state index contributed by atoms with van der Waals surface area (Å²) in [6, 6.07) is 1.00. The van der Waals surface area contributed by atoms with Crippen molar-refractivity contribution in [3.8, 4) is 0 Å². The van der Waals surface area contributed by atoms with Crippen molar-refractivity contribution in [3.05, 3.63) is 0 Å². The molecule has 6 heteroatoms. The van der Waals surface area contributed by atoms with Crippen LogP contribution >= 0.6 is 11.8 Å². The second kappa shape index (κ2) is 52.1. The van der Waals surface area contributed by atoms with E-state index in [4.69, 9.17) is 8.85 Å². The lowest BCUT2D eigenvalue weighted by Gasteiger charge is -2.35. The van der Waals surface area contributed by atoms with Crippen molar-refractivity contribution in [2.75, 3.05) is 26.0 Å². The average Bonchev–Trinajstić information content (AvgIpc) is 3.28. The van der Waals surface area contributed by atoms with Crippen molar-refractivity contribution in [1.29, 1.82) is 0 Å². The Morgan fingerprint density at radius 3 is 1.03 bits per heavy atom. The van der Waals surface area contributed by atoms with Crippen molar-refractivity contribution < 1.29 is 13.6 Å². The van der Waals surface area contributed by atoms with Crippen molar-refractivity contribution in [3.63, 3.8) is 0 Å². The smallest absolute Gasteiger partial charge is 0.321 e. The minimum atomic E-state index is -1.78. The molecule has 0 saturated carbocycles. The SMILES string of the molecule is CCCCCCCCCCCCCCCCCCC(CCCCCCCCCCCCCCCCCC)(CO[SiH](CCCSC(=O)CCCCCCCCCCC)OCC)NC. The van der Waals surface area contributed by atoms with Gasteiger partial charge >= 0.3 is 9.28 Å². The molecule has 0 fully saturated rings. The molecule has 0 bridgehead atoms. The first-order chi connectivity index (χ1) is 30.6. The number of rotatable bonds is 54. The molecule has 1 atom stereocenters. The molecular formula is C56H115NO3SSi. The maximum Gasteiger partial charge on any atom is 0.321 e. The number of carbonyl (C=O) groups is 1. The van der Waals surface area contributed by atoms with Gasteiger partial charge in [-0.3, -0.25) is 4.79 Å². The Labute approximate surface area is 397 Å². The normalized spacial score (nSPS) is 12.5. The lowest BCUT2D eigenvalue weighted by Crippen LogP contribution is -2.49. The number of thioether (sulfide) groups is 1. The third-order valence-electron chi connectivity index (χ3n) is 13.8. The zero-order valence-electron chi connectivity index (χ0n) is 43.4. The minimum absolute atomic E-state index is 0.0502. The third-order valence-corrected chi connectivity index (χ3v) is 16.9. The maximum atomic E-state index is 12.6. The van der Waals surface area contributed by atoms with Gasteiger partial charge in [-0.25, -0.2) is 0 Å². The van der Waals surface area contributed by atoms with Crippen LogP contribution in [0.3, 0.4) is 0 Å². The lowest BCUT2D eigenvalue weighted by molar-refractivity contribution is -0.111. The number of hydrogen-bond donors (Lipinski definition) is 1. The Morgan fingerprint density at radius 1 is 0.419 bits per heavy atom. The Bertz CT molecular complexity index is 825. The summed E-state index contributed by atoms with van der Waals surface area (Å²) in [6.45, 7) is 10.5. The van der Waals surface area contributed by atoms with Crippen molar-refractivity contribution in [1.82, 2.24) is 5.32 Å². The summed E-state index contributed by atoms with van der Waals surface area (Å²) in [5.74, 6) is 0.908. The average molecular weight is 911 g/mol. The lowest BCUT2D eigenvalue weighted by atomic mass is 9.87. The zero-order valence-corrected chi connectivity index (χ0v) is 45.3. The molecule has 0 spiro atoms. The highest BCUT2D eigenvalue weighted by atomic mass is 32.2. The summed E-state index contributed by atoms with van der Waals surface area (Å²) in [4.78, 5) is 12.6. The van der Waals surface area contributed by atoms with E-state index >= 15 is 0 Å². The Balaban J connectivity index is 4.59. The molecular weight excluding hydrogens is 795 g/mol. The summed E-state index contributed by atoms with van der Waals surface area (Å²) in [6.07, 6.45) is 61.2. The van der Waals surface area contributed by atoms with Gasteiger partial charge in [0.2, 0.25) is 0 Å². The first-order valence-electron chi connectivity index (χ1n) is 28.6. The van der Waals surface area contributed by atoms with Crippen molar-refractivity contribution in [2.24, 2.45) is 0 Å². The van der Waals surface area contributed by atoms with Crippen LogP contribution in [0.4, 0.5) is 0 Å². The topological polar surface area (TPSA) is 47.6 Å². The molecule has 372 valence electrons. The van der Waals surface area contributed by atoms with E-state index in [9.17, 15) is 4.79 Å². The number of hydrogen-bond acceptors (Lipinski definition) is 5. The Kier molecular flexibility index (Phi) is 52.2. The van der Waals surface area contributed by atoms with Crippen LogP contribution in [-0.4, -0.2) is 46.0 Å². The molecule has 62 heavy (non-hydrogen) atoms. The third kappa shape index (κ3) is 45.3. The molecule has 0 rings (SSSR count). The molecule has 1 N–H and O–H groups in total. The molecule has 0 radical (unpaired) electrons. The van der Waals surface area contributed by atoms with E-state index in [0.29, 0.717) is 5.12 Å². The second-order valence-corrected chi connectivity index (χ2v) is 23.0. The van der Waals surface area contributed by atoms with E-state index < -0.39 is 9.28 Å². The fourth-order valence-electron chi connectivity index (χ4n) is 9.36. The van der Waals surface area contributed by atoms with Gasteiger partial charge in [-0.1, -0.05) is 289 Å². The van der Waals surface area contributed by atoms with Gasteiger partial charge in [0.15, 0.2) is 5.12 Å². The fourth-order valence-corrected chi connectivity index (χ4v) is 12.3. The molecule has 0 amide bonds. The van der Waals surface area contributed by atoms with Gasteiger partial charge < -0.3 is 14.2 Å². The number of unbranched alkanes of at least 4 members (excludes halogenated alkanes) is 38. The highest BCUT2D eigenvalue weighted by molar-refractivity contribution is 8.13. The van der Waals surface area contributed by atoms with Gasteiger partial charge in [-0.2, -0.15) is 0 Å². The van der Waals surface area contributed by atoms with Crippen molar-refractivity contribution in [2.45, 2.75) is 328 Å². The number of nitrogens with one attached hydrogen (secondary N) is 1. The fraction of sp³-hybridized carbons (Fsp3) is 0.982. The predicted molar refractivity (Wildman–Crippen MR) is 284 cm³/mol. The zero-order chi connectivity index (χ0) is 45.1. The molecule has 1 unspecified atom stereocenters. The summed E-state index contributed by atoms with van der Waals surface area (Å²) in [7, 11) is 0.409. The van der Waals surface area contributed by atoms with Gasteiger partial charge in [0.05, 0.1) is 6.61 Å². The molecule has 0 aromatic rings. The van der Waals surface area contributed by atoms with E-state index in [1.54, 1.807) is 11.8 Å². The molecule has 0 aliphatic rings. The Morgan fingerprint density at radius 2 is 0.726 bits per heavy atom. The van der Waals surface area contributed by atoms with Crippen LogP contribution in [0.15, 0.2) is 0 Å². The van der Waals surface area contributed by atoms with Gasteiger partial charge in [0.1, 0.15) is 0 Å². The highest BCUT2D eigenvalue weighted by Crippen LogP contribution is 2.26. The molecule has 4 nitrogen and oxygen atoms in total. The largest absolute Gasteiger partial charge is 0.397 e. The van der Waals surface area contributed by atoms with Crippen LogP contribution in [-0.2, 0) is 13.6 Å². The van der Waals surface area contributed by atoms with E-state index in [2.05, 4.69) is 40.1 Å². The maximum absolute atomic E-state index is 12.6. The van der Waals surface area contributed by atoms with Gasteiger partial charge in [0, 0.05) is 24.3 Å². The molecule has 0 aromatic carbocycles. The molecule has 0 heterocycles. The first kappa shape index (κ1) is 62.1. The van der Waals surface area contributed by atoms with Crippen LogP contribution in [0.5, 0.6) is 0 Å². The van der Waals surface area contributed by atoms with Crippen LogP contribution in [0.2, 0.25) is 6.04 Å². The van der Waals surface area contributed by atoms with E-state index in [0.717, 1.165) is 44.3 Å². The first-order valence-corrected chi connectivity index (χ1v) is 31.4. The monoisotopic (exact) mass is 910 g/mol. The quantitative estimate of drug-likeness (QED) is 0.0487. The van der Waals surface area contributed by atoms with Crippen LogP contribution in [0.1, 0.15) is 317 Å². The molecule has 0 aromatic heterocycles. The standard InChI is InChI=1S/C56H115NO3SSi/c1-6-10-13-16-19-22-24-26-28-30-32-34-37-40-43-46-50-56(57-5,51-47-44-41-38-35-33-31-29-27-25-23-20-17-14-11-7-2)54-60-62(59-9-4)53-48-52-61-55(58)49-45-42-39-36-21-18-15-12-8-3/h57,62H,6-54H2,1-5H3. The summed E-state index contributed by atoms with van der Waals surface area (Å²) < 4.78 is 13.1. The van der Waals surface area contributed by atoms with Gasteiger partial charge in [-0.15, -0.1) is 0 Å². The summed E-state index contributed by atoms with van der Waals surface area (Å²) in [5.41, 5.74) is 0.0502. The van der Waals surface area contributed by atoms with Crippen LogP contribution in [0.25, 0.3) is 0 Å². The van der Waals surface area contributed by atoms with Crippen LogP contribution < -0.4 is 5.32 Å². The highest BCUT2D eigenvalue weighted by Gasteiger charge is 2.29. The van der Waals surface area contributed by atoms with Crippen LogP contribution in [0, 0.1) is 0 Å². The summed E-state index contributed by atoms with van der Waals surface area (Å²) in [5, 5.41) is 4.22. The van der Waals surface area contributed by atoms with Crippen molar-refractivity contribution >= 4 is 26.2 Å². The van der Waals surface area contributed by atoms with Gasteiger partial charge in [-0.05, 0) is 45.7 Å². The van der Waals surface area contributed by atoms with E-state index in [1.807, 2.05) is 0 Å². The van der Waals surface area contributed by atoms with E-state index in [-0.39, 0.29) is 5.54 Å². The molecule has 0 aliphatic heterocycles. The number of likely N-dealkylation sites (N-methyl/N-ethyl adjacent to an activating group) is 1. The molecule has 0 saturated heterocycles. The minimum Gasteiger partial charge on any atom is -0.397 e. The van der Waals surface area contributed by atoms with E-state index in [1.165, 1.54) is 270 Å². The molecule has 0 aliphatic carbocycles. The van der Waals surface area contributed by atoms with Gasteiger partial charge in [0.25, 0.3) is 0 Å². The Hall–Kier alpha value is 0.117. The second-order valence-electron chi connectivity index (χ2n) is 19.8.